The monoisotopic (exact) mass is 314 g/mol. The van der Waals surface area contributed by atoms with Crippen LogP contribution in [0.15, 0.2) is 4.99 Å². The molecule has 116 valence electrons. The highest BCUT2D eigenvalue weighted by Gasteiger charge is 2.33. The van der Waals surface area contributed by atoms with Crippen molar-refractivity contribution < 1.29 is 0 Å². The van der Waals surface area contributed by atoms with E-state index in [2.05, 4.69) is 37.2 Å². The van der Waals surface area contributed by atoms with Crippen molar-refractivity contribution in [1.29, 1.82) is 0 Å². The molecule has 2 nitrogen and oxygen atoms in total. The lowest BCUT2D eigenvalue weighted by Gasteiger charge is -2.38. The van der Waals surface area contributed by atoms with Crippen molar-refractivity contribution in [2.75, 3.05) is 25.1 Å². The molecule has 20 heavy (non-hydrogen) atoms. The van der Waals surface area contributed by atoms with Gasteiger partial charge in [0.05, 0.1) is 0 Å². The summed E-state index contributed by atoms with van der Waals surface area (Å²) in [6.07, 6.45) is 11.7. The first-order valence-electron chi connectivity index (χ1n) is 8.14. The van der Waals surface area contributed by atoms with Crippen LogP contribution in [0.5, 0.6) is 0 Å². The molecular formula is C16H30N2S2. The highest BCUT2D eigenvalue weighted by Crippen LogP contribution is 2.39. The van der Waals surface area contributed by atoms with Gasteiger partial charge >= 0.3 is 0 Å². The summed E-state index contributed by atoms with van der Waals surface area (Å²) < 4.78 is 0.464. The Labute approximate surface area is 133 Å². The Hall–Kier alpha value is 0.170. The predicted octanol–water partition coefficient (Wildman–Crippen LogP) is 4.55. The van der Waals surface area contributed by atoms with Crippen LogP contribution in [0.4, 0.5) is 0 Å². The summed E-state index contributed by atoms with van der Waals surface area (Å²) in [5.74, 6) is 1.23. The summed E-state index contributed by atoms with van der Waals surface area (Å²) in [4.78, 5) is 4.83. The minimum atomic E-state index is 0.456. The fourth-order valence-electron chi connectivity index (χ4n) is 3.22. The van der Waals surface area contributed by atoms with Gasteiger partial charge in [0.15, 0.2) is 5.17 Å². The molecule has 0 spiro atoms. The molecule has 0 atom stereocenters. The maximum absolute atomic E-state index is 4.83. The van der Waals surface area contributed by atoms with Gasteiger partial charge in [0.25, 0.3) is 0 Å². The van der Waals surface area contributed by atoms with Crippen LogP contribution in [0, 0.1) is 5.41 Å². The smallest absolute Gasteiger partial charge is 0.156 e. The van der Waals surface area contributed by atoms with Crippen molar-refractivity contribution in [1.82, 2.24) is 5.32 Å². The number of thioether (sulfide) groups is 2. The van der Waals surface area contributed by atoms with E-state index in [0.717, 1.165) is 13.1 Å². The zero-order valence-electron chi connectivity index (χ0n) is 13.3. The first-order valence-corrected chi connectivity index (χ1v) is 10.3. The molecule has 0 unspecified atom stereocenters. The average Bonchev–Trinajstić information content (AvgIpc) is 2.54. The Morgan fingerprint density at radius 3 is 2.40 bits per heavy atom. The van der Waals surface area contributed by atoms with Crippen molar-refractivity contribution in [3.63, 3.8) is 0 Å². The van der Waals surface area contributed by atoms with Crippen molar-refractivity contribution in [3.05, 3.63) is 0 Å². The molecule has 1 aliphatic carbocycles. The van der Waals surface area contributed by atoms with E-state index >= 15 is 0 Å². The number of aliphatic imine (C=N–C) groups is 1. The Morgan fingerprint density at radius 2 is 1.90 bits per heavy atom. The molecule has 0 aromatic heterocycles. The number of nitrogens with zero attached hydrogens (tertiary/aromatic N) is 1. The minimum absolute atomic E-state index is 0.456. The molecule has 1 saturated carbocycles. The topological polar surface area (TPSA) is 24.4 Å². The van der Waals surface area contributed by atoms with E-state index in [1.165, 1.54) is 55.9 Å². The normalized spacial score (nSPS) is 25.1. The highest BCUT2D eigenvalue weighted by molar-refractivity contribution is 8.13. The molecule has 0 aromatic carbocycles. The lowest BCUT2D eigenvalue weighted by atomic mass is 9.84. The van der Waals surface area contributed by atoms with Gasteiger partial charge in [-0.05, 0) is 37.4 Å². The van der Waals surface area contributed by atoms with E-state index in [-0.39, 0.29) is 0 Å². The molecule has 2 aliphatic rings. The van der Waals surface area contributed by atoms with Crippen LogP contribution < -0.4 is 5.32 Å². The van der Waals surface area contributed by atoms with Crippen LogP contribution in [0.2, 0.25) is 0 Å². The van der Waals surface area contributed by atoms with Gasteiger partial charge in [-0.3, -0.25) is 4.99 Å². The SMILES string of the molecule is CCC1(CC)CN=C(NCC2(SC)CCCCC2)SC1. The van der Waals surface area contributed by atoms with Gasteiger partial charge in [0.1, 0.15) is 0 Å². The maximum atomic E-state index is 4.83. The predicted molar refractivity (Wildman–Crippen MR) is 95.1 cm³/mol. The van der Waals surface area contributed by atoms with Gasteiger partial charge in [0, 0.05) is 23.6 Å². The van der Waals surface area contributed by atoms with Crippen LogP contribution in [0.1, 0.15) is 58.8 Å². The summed E-state index contributed by atoms with van der Waals surface area (Å²) in [7, 11) is 0. The largest absolute Gasteiger partial charge is 0.364 e. The second kappa shape index (κ2) is 7.44. The van der Waals surface area contributed by atoms with Crippen LogP contribution in [-0.2, 0) is 0 Å². The van der Waals surface area contributed by atoms with Crippen LogP contribution in [-0.4, -0.2) is 35.0 Å². The van der Waals surface area contributed by atoms with E-state index in [1.54, 1.807) is 0 Å². The summed E-state index contributed by atoms with van der Waals surface area (Å²) in [5.41, 5.74) is 0.456. The Balaban J connectivity index is 1.87. The molecule has 4 heteroatoms. The van der Waals surface area contributed by atoms with Crippen LogP contribution in [0.25, 0.3) is 0 Å². The number of hydrogen-bond acceptors (Lipinski definition) is 4. The summed E-state index contributed by atoms with van der Waals surface area (Å²) in [6, 6.07) is 0. The molecule has 1 N–H and O–H groups in total. The molecule has 1 fully saturated rings. The van der Waals surface area contributed by atoms with Gasteiger partial charge in [-0.1, -0.05) is 44.9 Å². The van der Waals surface area contributed by atoms with Crippen molar-refractivity contribution in [3.8, 4) is 0 Å². The molecule has 0 bridgehead atoms. The molecule has 0 saturated heterocycles. The van der Waals surface area contributed by atoms with E-state index in [4.69, 9.17) is 4.99 Å². The Bertz CT molecular complexity index is 331. The molecule has 1 heterocycles. The van der Waals surface area contributed by atoms with E-state index in [1.807, 2.05) is 11.8 Å². The van der Waals surface area contributed by atoms with Gasteiger partial charge in [-0.2, -0.15) is 11.8 Å². The second-order valence-corrected chi connectivity index (χ2v) is 8.66. The van der Waals surface area contributed by atoms with Gasteiger partial charge in [-0.15, -0.1) is 0 Å². The standard InChI is InChI=1S/C16H30N2S2/c1-4-15(5-2)11-17-14(20-13-15)18-12-16(19-3)9-7-6-8-10-16/h4-13H2,1-3H3,(H,17,18). The first kappa shape index (κ1) is 16.5. The first-order chi connectivity index (χ1) is 9.67. The third kappa shape index (κ3) is 3.88. The number of nitrogens with one attached hydrogen (secondary N) is 1. The second-order valence-electron chi connectivity index (χ2n) is 6.42. The lowest BCUT2D eigenvalue weighted by molar-refractivity contribution is 0.317. The van der Waals surface area contributed by atoms with Crippen LogP contribution >= 0.6 is 23.5 Å². The van der Waals surface area contributed by atoms with E-state index < -0.39 is 0 Å². The van der Waals surface area contributed by atoms with Gasteiger partial charge in [0.2, 0.25) is 0 Å². The van der Waals surface area contributed by atoms with Crippen LogP contribution in [0.3, 0.4) is 0 Å². The molecular weight excluding hydrogens is 284 g/mol. The maximum Gasteiger partial charge on any atom is 0.156 e. The molecule has 1 aliphatic heterocycles. The zero-order chi connectivity index (χ0) is 14.5. The summed E-state index contributed by atoms with van der Waals surface area (Å²) in [5, 5.41) is 4.86. The molecule has 0 aromatic rings. The quantitative estimate of drug-likeness (QED) is 0.805. The van der Waals surface area contributed by atoms with Crippen molar-refractivity contribution in [2.24, 2.45) is 10.4 Å². The Kier molecular flexibility index (Phi) is 6.15. The van der Waals surface area contributed by atoms with E-state index in [9.17, 15) is 0 Å². The summed E-state index contributed by atoms with van der Waals surface area (Å²) in [6.45, 7) is 6.73. The third-order valence-electron chi connectivity index (χ3n) is 5.33. The summed E-state index contributed by atoms with van der Waals surface area (Å²) >= 11 is 4.01. The fraction of sp³-hybridized carbons (Fsp3) is 0.938. The number of amidine groups is 1. The molecule has 0 radical (unpaired) electrons. The lowest BCUT2D eigenvalue weighted by Crippen LogP contribution is -2.43. The van der Waals surface area contributed by atoms with Crippen molar-refractivity contribution >= 4 is 28.7 Å². The van der Waals surface area contributed by atoms with Gasteiger partial charge < -0.3 is 5.32 Å². The molecule has 2 rings (SSSR count). The third-order valence-corrected chi connectivity index (χ3v) is 8.05. The Morgan fingerprint density at radius 1 is 1.20 bits per heavy atom. The zero-order valence-corrected chi connectivity index (χ0v) is 15.0. The van der Waals surface area contributed by atoms with Gasteiger partial charge in [-0.25, -0.2) is 0 Å². The minimum Gasteiger partial charge on any atom is -0.364 e. The fourth-order valence-corrected chi connectivity index (χ4v) is 5.41. The number of rotatable bonds is 5. The van der Waals surface area contributed by atoms with E-state index in [0.29, 0.717) is 10.2 Å². The average molecular weight is 315 g/mol. The molecule has 0 amide bonds. The highest BCUT2D eigenvalue weighted by atomic mass is 32.2. The number of hydrogen-bond donors (Lipinski definition) is 1. The van der Waals surface area contributed by atoms with Crippen molar-refractivity contribution in [2.45, 2.75) is 63.5 Å².